The van der Waals surface area contributed by atoms with Crippen LogP contribution in [0.5, 0.6) is 0 Å². The molecule has 1 aromatic rings. The van der Waals surface area contributed by atoms with E-state index in [0.29, 0.717) is 11.7 Å². The summed E-state index contributed by atoms with van der Waals surface area (Å²) < 4.78 is 0. The second kappa shape index (κ2) is 5.31. The van der Waals surface area contributed by atoms with Crippen molar-refractivity contribution >= 4 is 5.82 Å². The molecular weight excluding hydrogens is 216 g/mol. The molecule has 0 aliphatic carbocycles. The first-order valence-electron chi connectivity index (χ1n) is 6.22. The number of H-pyrrole nitrogens is 1. The highest BCUT2D eigenvalue weighted by Gasteiger charge is 2.20. The van der Waals surface area contributed by atoms with E-state index >= 15 is 0 Å². The minimum Gasteiger partial charge on any atom is -0.356 e. The monoisotopic (exact) mass is 236 g/mol. The molecule has 1 atom stereocenters. The van der Waals surface area contributed by atoms with Crippen molar-refractivity contribution in [1.29, 1.82) is 0 Å². The number of piperidine rings is 1. The van der Waals surface area contributed by atoms with Gasteiger partial charge in [-0.05, 0) is 38.6 Å². The van der Waals surface area contributed by atoms with Crippen molar-refractivity contribution in [3.8, 4) is 0 Å². The number of aromatic nitrogens is 2. The number of anilines is 1. The number of nitrogens with two attached hydrogens (primary N) is 1. The van der Waals surface area contributed by atoms with Crippen LogP contribution in [0, 0.1) is 12.8 Å². The number of hydrogen-bond donors (Lipinski definition) is 2. The van der Waals surface area contributed by atoms with E-state index in [-0.39, 0.29) is 5.56 Å². The van der Waals surface area contributed by atoms with Crippen molar-refractivity contribution in [3.63, 3.8) is 0 Å². The lowest BCUT2D eigenvalue weighted by Gasteiger charge is -2.33. The minimum absolute atomic E-state index is 0.0755. The molecule has 1 unspecified atom stereocenters. The Labute approximate surface area is 101 Å². The lowest BCUT2D eigenvalue weighted by atomic mass is 9.95. The zero-order chi connectivity index (χ0) is 12.3. The molecule has 1 aromatic heterocycles. The first kappa shape index (κ1) is 12.1. The van der Waals surface area contributed by atoms with E-state index in [9.17, 15) is 4.79 Å². The first-order valence-corrected chi connectivity index (χ1v) is 6.22. The van der Waals surface area contributed by atoms with Crippen LogP contribution in [0.3, 0.4) is 0 Å². The second-order valence-electron chi connectivity index (χ2n) is 4.72. The molecule has 1 aliphatic heterocycles. The number of hydrogen-bond acceptors (Lipinski definition) is 4. The smallest absolute Gasteiger partial charge is 0.252 e. The van der Waals surface area contributed by atoms with Crippen LogP contribution in [0.25, 0.3) is 0 Å². The Morgan fingerprint density at radius 3 is 3.18 bits per heavy atom. The maximum atomic E-state index is 11.4. The van der Waals surface area contributed by atoms with Gasteiger partial charge in [0.1, 0.15) is 11.6 Å². The summed E-state index contributed by atoms with van der Waals surface area (Å²) in [4.78, 5) is 20.7. The van der Waals surface area contributed by atoms with Crippen LogP contribution in [0.15, 0.2) is 10.9 Å². The molecule has 2 heterocycles. The molecule has 0 spiro atoms. The molecule has 94 valence electrons. The molecule has 0 aromatic carbocycles. The molecule has 5 heteroatoms. The Kier molecular flexibility index (Phi) is 3.78. The maximum absolute atomic E-state index is 11.4. The average molecular weight is 236 g/mol. The van der Waals surface area contributed by atoms with E-state index < -0.39 is 0 Å². The highest BCUT2D eigenvalue weighted by Crippen LogP contribution is 2.22. The molecule has 0 bridgehead atoms. The van der Waals surface area contributed by atoms with Gasteiger partial charge in [-0.3, -0.25) is 4.79 Å². The van der Waals surface area contributed by atoms with Crippen molar-refractivity contribution in [2.45, 2.75) is 26.2 Å². The van der Waals surface area contributed by atoms with Gasteiger partial charge in [0, 0.05) is 19.2 Å². The summed E-state index contributed by atoms with van der Waals surface area (Å²) in [6.07, 6.45) is 3.44. The van der Waals surface area contributed by atoms with Crippen LogP contribution in [0.1, 0.15) is 25.1 Å². The van der Waals surface area contributed by atoms with Gasteiger partial charge in [0.15, 0.2) is 0 Å². The second-order valence-corrected chi connectivity index (χ2v) is 4.72. The zero-order valence-electron chi connectivity index (χ0n) is 10.3. The Morgan fingerprint density at radius 2 is 2.47 bits per heavy atom. The van der Waals surface area contributed by atoms with Gasteiger partial charge in [-0.2, -0.15) is 0 Å². The van der Waals surface area contributed by atoms with Gasteiger partial charge >= 0.3 is 0 Å². The van der Waals surface area contributed by atoms with E-state index in [4.69, 9.17) is 5.73 Å². The van der Waals surface area contributed by atoms with Crippen LogP contribution in [0.4, 0.5) is 5.82 Å². The third-order valence-corrected chi connectivity index (χ3v) is 3.26. The Hall–Kier alpha value is -1.36. The quantitative estimate of drug-likeness (QED) is 0.807. The normalized spacial score (nSPS) is 20.6. The summed E-state index contributed by atoms with van der Waals surface area (Å²) >= 11 is 0. The van der Waals surface area contributed by atoms with Gasteiger partial charge in [0.25, 0.3) is 5.56 Å². The molecule has 0 amide bonds. The molecule has 17 heavy (non-hydrogen) atoms. The fourth-order valence-corrected chi connectivity index (χ4v) is 2.47. The van der Waals surface area contributed by atoms with Crippen LogP contribution in [-0.2, 0) is 0 Å². The van der Waals surface area contributed by atoms with E-state index in [1.807, 2.05) is 6.92 Å². The van der Waals surface area contributed by atoms with Crippen LogP contribution in [-0.4, -0.2) is 29.6 Å². The van der Waals surface area contributed by atoms with Gasteiger partial charge in [0.2, 0.25) is 0 Å². The number of nitrogens with one attached hydrogen (secondary N) is 1. The van der Waals surface area contributed by atoms with Crippen molar-refractivity contribution in [1.82, 2.24) is 9.97 Å². The van der Waals surface area contributed by atoms with Crippen LogP contribution < -0.4 is 16.2 Å². The molecule has 5 nitrogen and oxygen atoms in total. The van der Waals surface area contributed by atoms with Crippen molar-refractivity contribution in [2.75, 3.05) is 24.5 Å². The lowest BCUT2D eigenvalue weighted by Crippen LogP contribution is -2.37. The van der Waals surface area contributed by atoms with Gasteiger partial charge in [-0.25, -0.2) is 4.98 Å². The maximum Gasteiger partial charge on any atom is 0.252 e. The van der Waals surface area contributed by atoms with Crippen molar-refractivity contribution in [3.05, 3.63) is 22.2 Å². The summed E-state index contributed by atoms with van der Waals surface area (Å²) in [5.74, 6) is 2.11. The van der Waals surface area contributed by atoms with E-state index in [1.54, 1.807) is 6.07 Å². The highest BCUT2D eigenvalue weighted by molar-refractivity contribution is 5.37. The average Bonchev–Trinajstić information content (AvgIpc) is 2.28. The molecule has 3 N–H and O–H groups in total. The number of nitrogens with zero attached hydrogens (tertiary/aromatic N) is 2. The number of aryl methyl sites for hydroxylation is 1. The molecule has 2 rings (SSSR count). The molecule has 0 saturated carbocycles. The summed E-state index contributed by atoms with van der Waals surface area (Å²) in [7, 11) is 0. The molecular formula is C12H20N4O. The lowest BCUT2D eigenvalue weighted by molar-refractivity contribution is 0.394. The molecule has 1 aliphatic rings. The summed E-state index contributed by atoms with van der Waals surface area (Å²) in [5, 5.41) is 0. The minimum atomic E-state index is -0.0755. The van der Waals surface area contributed by atoms with Crippen molar-refractivity contribution < 1.29 is 0 Å². The van der Waals surface area contributed by atoms with Gasteiger partial charge in [-0.15, -0.1) is 0 Å². The highest BCUT2D eigenvalue weighted by atomic mass is 16.1. The molecule has 1 saturated heterocycles. The van der Waals surface area contributed by atoms with Gasteiger partial charge < -0.3 is 15.6 Å². The Bertz CT molecular complexity index is 427. The van der Waals surface area contributed by atoms with Crippen LogP contribution in [0.2, 0.25) is 0 Å². The summed E-state index contributed by atoms with van der Waals surface area (Å²) in [6.45, 7) is 4.50. The summed E-state index contributed by atoms with van der Waals surface area (Å²) in [6, 6.07) is 1.58. The van der Waals surface area contributed by atoms with Crippen molar-refractivity contribution in [2.24, 2.45) is 11.7 Å². The third kappa shape index (κ3) is 3.06. The predicted molar refractivity (Wildman–Crippen MR) is 68.2 cm³/mol. The van der Waals surface area contributed by atoms with Crippen LogP contribution >= 0.6 is 0 Å². The zero-order valence-corrected chi connectivity index (χ0v) is 10.3. The molecule has 1 fully saturated rings. The van der Waals surface area contributed by atoms with E-state index in [1.165, 1.54) is 6.42 Å². The predicted octanol–water partition coefficient (Wildman–Crippen LogP) is 0.644. The Balaban J connectivity index is 2.13. The fourth-order valence-electron chi connectivity index (χ4n) is 2.47. The topological polar surface area (TPSA) is 75.0 Å². The Morgan fingerprint density at radius 1 is 1.65 bits per heavy atom. The third-order valence-electron chi connectivity index (χ3n) is 3.26. The SMILES string of the molecule is Cc1nc(N2CCCC(CCN)C2)cc(=O)[nH]1. The van der Waals surface area contributed by atoms with Gasteiger partial charge in [-0.1, -0.05) is 0 Å². The van der Waals surface area contributed by atoms with E-state index in [2.05, 4.69) is 14.9 Å². The fraction of sp³-hybridized carbons (Fsp3) is 0.667. The van der Waals surface area contributed by atoms with Gasteiger partial charge in [0.05, 0.1) is 0 Å². The molecule has 0 radical (unpaired) electrons. The standard InChI is InChI=1S/C12H20N4O/c1-9-14-11(7-12(17)15-9)16-6-2-3-10(8-16)4-5-13/h7,10H,2-6,8,13H2,1H3,(H,14,15,17). The van der Waals surface area contributed by atoms with E-state index in [0.717, 1.165) is 38.3 Å². The first-order chi connectivity index (χ1) is 8.19. The number of rotatable bonds is 3. The summed E-state index contributed by atoms with van der Waals surface area (Å²) in [5.41, 5.74) is 5.53. The largest absolute Gasteiger partial charge is 0.356 e. The number of aromatic amines is 1.